The van der Waals surface area contributed by atoms with Crippen molar-refractivity contribution in [3.63, 3.8) is 0 Å². The summed E-state index contributed by atoms with van der Waals surface area (Å²) in [7, 11) is 3.56. The van der Waals surface area contributed by atoms with Crippen LogP contribution in [-0.4, -0.2) is 64.9 Å². The molecule has 2 aromatic heterocycles. The number of anilines is 1. The predicted octanol–water partition coefficient (Wildman–Crippen LogP) is 6.17. The topological polar surface area (TPSA) is 55.1 Å². The Bertz CT molecular complexity index is 1490. The van der Waals surface area contributed by atoms with Gasteiger partial charge in [-0.3, -0.25) is 14.3 Å². The summed E-state index contributed by atoms with van der Waals surface area (Å²) < 4.78 is 56.2. The third-order valence-electron chi connectivity index (χ3n) is 7.13. The van der Waals surface area contributed by atoms with Gasteiger partial charge in [0.1, 0.15) is 5.75 Å². The summed E-state index contributed by atoms with van der Waals surface area (Å²) in [6.45, 7) is 9.27. The van der Waals surface area contributed by atoms with Crippen LogP contribution < -0.4 is 9.64 Å². The zero-order valence-electron chi connectivity index (χ0n) is 23.1. The Morgan fingerprint density at radius 1 is 1.05 bits per heavy atom. The molecule has 3 atom stereocenters. The van der Waals surface area contributed by atoms with Crippen LogP contribution in [0, 0.1) is 6.92 Å². The van der Waals surface area contributed by atoms with Gasteiger partial charge in [0.2, 0.25) is 5.95 Å². The maximum Gasteiger partial charge on any atom is 0.419 e. The van der Waals surface area contributed by atoms with Crippen molar-refractivity contribution in [2.24, 2.45) is 0 Å². The summed E-state index contributed by atoms with van der Waals surface area (Å²) in [6.07, 6.45) is -2.60. The zero-order chi connectivity index (χ0) is 28.1. The van der Waals surface area contributed by atoms with E-state index in [0.717, 1.165) is 34.3 Å². The van der Waals surface area contributed by atoms with E-state index in [1.807, 2.05) is 39.8 Å². The second-order valence-corrected chi connectivity index (χ2v) is 10.5. The van der Waals surface area contributed by atoms with Crippen molar-refractivity contribution < 1.29 is 22.6 Å². The third-order valence-corrected chi connectivity index (χ3v) is 7.13. The fraction of sp³-hybridized carbons (Fsp3) is 0.448. The van der Waals surface area contributed by atoms with Crippen molar-refractivity contribution in [2.45, 2.75) is 58.7 Å². The van der Waals surface area contributed by atoms with Crippen LogP contribution in [0.2, 0.25) is 0 Å². The molecule has 7 nitrogen and oxygen atoms in total. The van der Waals surface area contributed by atoms with E-state index in [9.17, 15) is 13.2 Å². The van der Waals surface area contributed by atoms with Crippen LogP contribution in [0.4, 0.5) is 19.1 Å². The number of hydrogen-bond donors (Lipinski definition) is 0. The van der Waals surface area contributed by atoms with Crippen molar-refractivity contribution >= 4 is 22.5 Å². The number of alkyl halides is 3. The molecule has 2 aromatic carbocycles. The first-order valence-corrected chi connectivity index (χ1v) is 13.2. The van der Waals surface area contributed by atoms with E-state index in [0.29, 0.717) is 30.6 Å². The lowest BCUT2D eigenvalue weighted by molar-refractivity contribution is -0.139. The van der Waals surface area contributed by atoms with Gasteiger partial charge in [0.15, 0.2) is 6.23 Å². The number of ether oxygens (including phenoxy) is 2. The Kier molecular flexibility index (Phi) is 7.19. The number of fused-ring (bicyclic) bond motifs is 3. The molecule has 0 N–H and O–H groups in total. The van der Waals surface area contributed by atoms with E-state index in [1.54, 1.807) is 37.3 Å². The first kappa shape index (κ1) is 27.2. The van der Waals surface area contributed by atoms with E-state index in [-0.39, 0.29) is 18.0 Å². The van der Waals surface area contributed by atoms with E-state index in [4.69, 9.17) is 14.5 Å². The molecule has 1 saturated heterocycles. The highest BCUT2D eigenvalue weighted by Crippen LogP contribution is 2.40. The fourth-order valence-corrected chi connectivity index (χ4v) is 5.33. The van der Waals surface area contributed by atoms with Crippen molar-refractivity contribution in [1.82, 2.24) is 19.3 Å². The largest absolute Gasteiger partial charge is 0.475 e. The first-order valence-electron chi connectivity index (χ1n) is 13.2. The fourth-order valence-electron chi connectivity index (χ4n) is 5.33. The second-order valence-electron chi connectivity index (χ2n) is 10.5. The van der Waals surface area contributed by atoms with E-state index < -0.39 is 18.0 Å². The number of aromatic nitrogens is 3. The Morgan fingerprint density at radius 3 is 2.36 bits per heavy atom. The normalized spacial score (nSPS) is 19.3. The lowest BCUT2D eigenvalue weighted by atomic mass is 10.0. The molecule has 0 bridgehead atoms. The first-order chi connectivity index (χ1) is 18.5. The number of halogens is 3. The average Bonchev–Trinajstić information content (AvgIpc) is 3.22. The molecule has 4 aromatic rings. The average molecular weight is 542 g/mol. The van der Waals surface area contributed by atoms with Crippen molar-refractivity contribution in [3.8, 4) is 16.9 Å². The van der Waals surface area contributed by atoms with Gasteiger partial charge in [-0.15, -0.1) is 0 Å². The number of morpholine rings is 1. The van der Waals surface area contributed by atoms with E-state index in [1.165, 1.54) is 6.07 Å². The number of imidazole rings is 1. The van der Waals surface area contributed by atoms with Crippen molar-refractivity contribution in [3.05, 3.63) is 53.9 Å². The highest BCUT2D eigenvalue weighted by Gasteiger charge is 2.35. The highest BCUT2D eigenvalue weighted by atomic mass is 19.4. The number of nitrogens with zero attached hydrogens (tertiary/aromatic N) is 5. The minimum absolute atomic E-state index is 0.0476. The molecule has 3 heterocycles. The smallest absolute Gasteiger partial charge is 0.419 e. The second kappa shape index (κ2) is 10.3. The Labute approximate surface area is 226 Å². The van der Waals surface area contributed by atoms with E-state index >= 15 is 0 Å². The molecule has 39 heavy (non-hydrogen) atoms. The zero-order valence-corrected chi connectivity index (χ0v) is 23.1. The minimum Gasteiger partial charge on any atom is -0.475 e. The molecule has 0 aliphatic carbocycles. The Balaban J connectivity index is 1.63. The molecule has 10 heteroatoms. The quantitative estimate of drug-likeness (QED) is 0.272. The highest BCUT2D eigenvalue weighted by molar-refractivity contribution is 5.86. The van der Waals surface area contributed by atoms with Crippen LogP contribution in [0.15, 0.2) is 42.6 Å². The molecule has 1 aliphatic heterocycles. The standard InChI is InChI=1S/C29H34F3N5O2/c1-7-27(35(5)6)39-26-11-9-20(12-22(26)29(30,31)32)21-8-10-23-24(13-21)37-25(14-33-23)19(4)34-28(37)36-15-17(2)38-18(3)16-36/h8-14,17-18,27H,7,15-16H2,1-6H3/t17-,18+,27?. The molecular weight excluding hydrogens is 507 g/mol. The third kappa shape index (κ3) is 5.27. The molecule has 0 spiro atoms. The monoisotopic (exact) mass is 541 g/mol. The maximum absolute atomic E-state index is 14.2. The van der Waals surface area contributed by atoms with Crippen molar-refractivity contribution in [1.29, 1.82) is 0 Å². The molecule has 1 aliphatic rings. The van der Waals surface area contributed by atoms with E-state index in [2.05, 4.69) is 14.3 Å². The Morgan fingerprint density at radius 2 is 1.72 bits per heavy atom. The predicted molar refractivity (Wildman–Crippen MR) is 146 cm³/mol. The Hall–Kier alpha value is -3.37. The SMILES string of the molecule is CCC(Oc1ccc(-c2ccc3ncc4c(C)nc(N5C[C@@H](C)O[C@@H](C)C5)n4c3c2)cc1C(F)(F)F)N(C)C. The maximum atomic E-state index is 14.2. The molecule has 1 fully saturated rings. The summed E-state index contributed by atoms with van der Waals surface area (Å²) in [5.41, 5.74) is 3.49. The van der Waals surface area contributed by atoms with Gasteiger partial charge < -0.3 is 14.4 Å². The lowest BCUT2D eigenvalue weighted by Crippen LogP contribution is -2.46. The van der Waals surface area contributed by atoms with Crippen LogP contribution >= 0.6 is 0 Å². The van der Waals surface area contributed by atoms with Crippen LogP contribution in [0.25, 0.3) is 27.7 Å². The van der Waals surface area contributed by atoms with Gasteiger partial charge in [-0.1, -0.05) is 19.1 Å². The molecule has 0 amide bonds. The number of hydrogen-bond acceptors (Lipinski definition) is 6. The van der Waals surface area contributed by atoms with Gasteiger partial charge in [-0.2, -0.15) is 13.2 Å². The summed E-state index contributed by atoms with van der Waals surface area (Å²) in [5, 5.41) is 0. The summed E-state index contributed by atoms with van der Waals surface area (Å²) >= 11 is 0. The summed E-state index contributed by atoms with van der Waals surface area (Å²) in [4.78, 5) is 13.4. The van der Waals surface area contributed by atoms with Gasteiger partial charge >= 0.3 is 6.18 Å². The number of rotatable bonds is 6. The van der Waals surface area contributed by atoms with Gasteiger partial charge in [0.05, 0.1) is 46.2 Å². The van der Waals surface area contributed by atoms with Crippen LogP contribution in [0.5, 0.6) is 5.75 Å². The molecule has 1 unspecified atom stereocenters. The van der Waals surface area contributed by atoms with Crippen LogP contribution in [0.3, 0.4) is 0 Å². The summed E-state index contributed by atoms with van der Waals surface area (Å²) in [6, 6.07) is 9.78. The van der Waals surface area contributed by atoms with Crippen molar-refractivity contribution in [2.75, 3.05) is 32.1 Å². The van der Waals surface area contributed by atoms with Gasteiger partial charge in [-0.25, -0.2) is 4.98 Å². The number of benzene rings is 2. The molecule has 208 valence electrons. The molecule has 5 rings (SSSR count). The molecule has 0 saturated carbocycles. The number of aryl methyl sites for hydroxylation is 1. The van der Waals surface area contributed by atoms with Gasteiger partial charge in [0, 0.05) is 13.1 Å². The molecular formula is C29H34F3N5O2. The van der Waals surface area contributed by atoms with Crippen LogP contribution in [-0.2, 0) is 10.9 Å². The van der Waals surface area contributed by atoms with Gasteiger partial charge in [0.25, 0.3) is 0 Å². The lowest BCUT2D eigenvalue weighted by Gasteiger charge is -2.35. The van der Waals surface area contributed by atoms with Gasteiger partial charge in [-0.05, 0) is 76.7 Å². The van der Waals surface area contributed by atoms with Crippen LogP contribution in [0.1, 0.15) is 38.4 Å². The minimum atomic E-state index is -4.57. The summed E-state index contributed by atoms with van der Waals surface area (Å²) in [5.74, 6) is 0.600. The molecule has 0 radical (unpaired) electrons.